The first-order valence-corrected chi connectivity index (χ1v) is 5.23. The Kier molecular flexibility index (Phi) is 2.26. The van der Waals surface area contributed by atoms with Gasteiger partial charge in [0, 0.05) is 12.4 Å². The van der Waals surface area contributed by atoms with E-state index in [1.165, 1.54) is 0 Å². The molecular formula is C13H15NO2. The van der Waals surface area contributed by atoms with E-state index in [0.29, 0.717) is 5.69 Å². The van der Waals surface area contributed by atoms with Crippen molar-refractivity contribution in [2.75, 3.05) is 0 Å². The first kappa shape index (κ1) is 10.7. The van der Waals surface area contributed by atoms with Gasteiger partial charge in [-0.1, -0.05) is 12.1 Å². The lowest BCUT2D eigenvalue weighted by atomic mass is 10.0. The molecule has 16 heavy (non-hydrogen) atoms. The number of rotatable bonds is 1. The van der Waals surface area contributed by atoms with Crippen molar-refractivity contribution in [2.45, 2.75) is 20.8 Å². The molecule has 1 heterocycles. The number of carboxylic acids is 1. The quantitative estimate of drug-likeness (QED) is 0.798. The first-order valence-electron chi connectivity index (χ1n) is 5.23. The third-order valence-corrected chi connectivity index (χ3v) is 3.19. The summed E-state index contributed by atoms with van der Waals surface area (Å²) in [6, 6.07) is 4.07. The van der Waals surface area contributed by atoms with Crippen molar-refractivity contribution in [2.24, 2.45) is 7.05 Å². The zero-order valence-corrected chi connectivity index (χ0v) is 9.96. The number of aromatic carboxylic acids is 1. The van der Waals surface area contributed by atoms with Gasteiger partial charge in [0.25, 0.3) is 0 Å². The summed E-state index contributed by atoms with van der Waals surface area (Å²) >= 11 is 0. The van der Waals surface area contributed by atoms with Gasteiger partial charge in [0.05, 0.1) is 5.52 Å². The van der Waals surface area contributed by atoms with E-state index < -0.39 is 5.97 Å². The predicted molar refractivity (Wildman–Crippen MR) is 64.1 cm³/mol. The van der Waals surface area contributed by atoms with E-state index in [-0.39, 0.29) is 0 Å². The summed E-state index contributed by atoms with van der Waals surface area (Å²) in [6.07, 6.45) is 0. The molecule has 0 aliphatic heterocycles. The molecule has 0 spiro atoms. The number of aromatic nitrogens is 1. The maximum absolute atomic E-state index is 11.2. The second-order valence-corrected chi connectivity index (χ2v) is 4.26. The highest BCUT2D eigenvalue weighted by atomic mass is 16.4. The number of carboxylic acid groups (broad SMARTS) is 1. The number of benzene rings is 1. The van der Waals surface area contributed by atoms with Crippen LogP contribution in [-0.4, -0.2) is 15.6 Å². The second kappa shape index (κ2) is 3.37. The van der Waals surface area contributed by atoms with Crippen molar-refractivity contribution in [3.8, 4) is 0 Å². The van der Waals surface area contributed by atoms with Crippen LogP contribution in [0, 0.1) is 20.8 Å². The fraction of sp³-hybridized carbons (Fsp3) is 0.308. The highest BCUT2D eigenvalue weighted by molar-refractivity contribution is 6.00. The highest BCUT2D eigenvalue weighted by Crippen LogP contribution is 2.29. The molecule has 3 heteroatoms. The van der Waals surface area contributed by atoms with E-state index in [1.54, 1.807) is 4.57 Å². The lowest BCUT2D eigenvalue weighted by Crippen LogP contribution is -2.05. The minimum absolute atomic E-state index is 0.382. The summed E-state index contributed by atoms with van der Waals surface area (Å²) in [4.78, 5) is 11.2. The van der Waals surface area contributed by atoms with Crippen molar-refractivity contribution in [3.05, 3.63) is 34.5 Å². The molecule has 0 saturated heterocycles. The standard InChI is InChI=1S/C13H15NO2/c1-7-5-6-8(2)11-10(7)9(3)12(13(15)16)14(11)4/h5-6H,1-4H3,(H,15,16). The van der Waals surface area contributed by atoms with Gasteiger partial charge in [-0.25, -0.2) is 4.79 Å². The number of fused-ring (bicyclic) bond motifs is 1. The minimum atomic E-state index is -0.866. The van der Waals surface area contributed by atoms with Gasteiger partial charge in [-0.3, -0.25) is 0 Å². The maximum atomic E-state index is 11.2. The molecule has 3 nitrogen and oxygen atoms in total. The summed E-state index contributed by atoms with van der Waals surface area (Å²) in [5.41, 5.74) is 4.49. The Bertz CT molecular complexity index is 549. The van der Waals surface area contributed by atoms with E-state index in [1.807, 2.05) is 40.0 Å². The fourth-order valence-electron chi connectivity index (χ4n) is 2.49. The van der Waals surface area contributed by atoms with Gasteiger partial charge in [-0.2, -0.15) is 0 Å². The average molecular weight is 217 g/mol. The first-order chi connectivity index (χ1) is 7.45. The van der Waals surface area contributed by atoms with Gasteiger partial charge in [0.15, 0.2) is 0 Å². The van der Waals surface area contributed by atoms with Crippen molar-refractivity contribution in [3.63, 3.8) is 0 Å². The van der Waals surface area contributed by atoms with Gasteiger partial charge in [-0.15, -0.1) is 0 Å². The van der Waals surface area contributed by atoms with E-state index >= 15 is 0 Å². The molecule has 0 aliphatic carbocycles. The molecule has 2 aromatic rings. The number of aryl methyl sites for hydroxylation is 4. The van der Waals surface area contributed by atoms with Crippen LogP contribution in [-0.2, 0) is 7.05 Å². The van der Waals surface area contributed by atoms with Crippen LogP contribution >= 0.6 is 0 Å². The smallest absolute Gasteiger partial charge is 0.352 e. The maximum Gasteiger partial charge on any atom is 0.352 e. The molecular weight excluding hydrogens is 202 g/mol. The molecule has 0 saturated carbocycles. The van der Waals surface area contributed by atoms with E-state index in [4.69, 9.17) is 0 Å². The van der Waals surface area contributed by atoms with E-state index in [9.17, 15) is 9.90 Å². The lowest BCUT2D eigenvalue weighted by molar-refractivity contribution is 0.0686. The summed E-state index contributed by atoms with van der Waals surface area (Å²) in [6.45, 7) is 5.89. The number of hydrogen-bond donors (Lipinski definition) is 1. The van der Waals surface area contributed by atoms with Crippen LogP contribution in [0.4, 0.5) is 0 Å². The van der Waals surface area contributed by atoms with Gasteiger partial charge in [0.1, 0.15) is 5.69 Å². The predicted octanol–water partition coefficient (Wildman–Crippen LogP) is 2.80. The van der Waals surface area contributed by atoms with Gasteiger partial charge in [0.2, 0.25) is 0 Å². The molecule has 0 unspecified atom stereocenters. The van der Waals surface area contributed by atoms with Crippen LogP contribution in [0.1, 0.15) is 27.2 Å². The Morgan fingerprint density at radius 1 is 1.19 bits per heavy atom. The largest absolute Gasteiger partial charge is 0.477 e. The van der Waals surface area contributed by atoms with Crippen LogP contribution in [0.15, 0.2) is 12.1 Å². The van der Waals surface area contributed by atoms with Crippen LogP contribution < -0.4 is 0 Å². The van der Waals surface area contributed by atoms with Crippen molar-refractivity contribution in [1.82, 2.24) is 4.57 Å². The lowest BCUT2D eigenvalue weighted by Gasteiger charge is -2.03. The van der Waals surface area contributed by atoms with Crippen LogP contribution in [0.3, 0.4) is 0 Å². The molecule has 0 aliphatic rings. The molecule has 0 fully saturated rings. The normalized spacial score (nSPS) is 11.0. The van der Waals surface area contributed by atoms with Crippen LogP contribution in [0.5, 0.6) is 0 Å². The van der Waals surface area contributed by atoms with Gasteiger partial charge < -0.3 is 9.67 Å². The summed E-state index contributed by atoms with van der Waals surface area (Å²) in [5.74, 6) is -0.866. The summed E-state index contributed by atoms with van der Waals surface area (Å²) in [5, 5.41) is 10.3. The summed E-state index contributed by atoms with van der Waals surface area (Å²) in [7, 11) is 1.81. The Morgan fingerprint density at radius 3 is 2.25 bits per heavy atom. The molecule has 0 atom stereocenters. The van der Waals surface area contributed by atoms with E-state index in [0.717, 1.165) is 27.6 Å². The monoisotopic (exact) mass is 217 g/mol. The second-order valence-electron chi connectivity index (χ2n) is 4.26. The number of carbonyl (C=O) groups is 1. The van der Waals surface area contributed by atoms with Crippen molar-refractivity contribution >= 4 is 16.9 Å². The Hall–Kier alpha value is -1.77. The average Bonchev–Trinajstić information content (AvgIpc) is 2.46. The summed E-state index contributed by atoms with van der Waals surface area (Å²) < 4.78 is 1.77. The van der Waals surface area contributed by atoms with Crippen LogP contribution in [0.2, 0.25) is 0 Å². The van der Waals surface area contributed by atoms with Crippen LogP contribution in [0.25, 0.3) is 10.9 Å². The Labute approximate surface area is 94.3 Å². The molecule has 2 rings (SSSR count). The minimum Gasteiger partial charge on any atom is -0.477 e. The number of hydrogen-bond acceptors (Lipinski definition) is 1. The topological polar surface area (TPSA) is 42.2 Å². The van der Waals surface area contributed by atoms with Crippen molar-refractivity contribution < 1.29 is 9.90 Å². The molecule has 1 aromatic heterocycles. The SMILES string of the molecule is Cc1ccc(C)c2c1c(C)c(C(=O)O)n2C. The zero-order valence-electron chi connectivity index (χ0n) is 9.96. The fourth-order valence-corrected chi connectivity index (χ4v) is 2.49. The molecule has 1 aromatic carbocycles. The zero-order chi connectivity index (χ0) is 12.0. The molecule has 0 radical (unpaired) electrons. The van der Waals surface area contributed by atoms with Gasteiger partial charge >= 0.3 is 5.97 Å². The third kappa shape index (κ3) is 1.24. The molecule has 84 valence electrons. The molecule has 0 bridgehead atoms. The van der Waals surface area contributed by atoms with Gasteiger partial charge in [-0.05, 0) is 37.5 Å². The van der Waals surface area contributed by atoms with E-state index in [2.05, 4.69) is 0 Å². The molecule has 1 N–H and O–H groups in total. The highest BCUT2D eigenvalue weighted by Gasteiger charge is 2.19. The molecule has 0 amide bonds. The number of nitrogens with zero attached hydrogens (tertiary/aromatic N) is 1. The van der Waals surface area contributed by atoms with Crippen molar-refractivity contribution in [1.29, 1.82) is 0 Å². The Balaban J connectivity index is 3.04. The third-order valence-electron chi connectivity index (χ3n) is 3.19. The Morgan fingerprint density at radius 2 is 1.75 bits per heavy atom.